The summed E-state index contributed by atoms with van der Waals surface area (Å²) in [4.78, 5) is 5.07. The molecule has 1 fully saturated rings. The van der Waals surface area contributed by atoms with Crippen LogP contribution >= 0.6 is 0 Å². The van der Waals surface area contributed by atoms with Crippen LogP contribution in [0.25, 0.3) is 0 Å². The van der Waals surface area contributed by atoms with Crippen molar-refractivity contribution in [2.24, 2.45) is 0 Å². The highest BCUT2D eigenvalue weighted by Crippen LogP contribution is 2.49. The highest BCUT2D eigenvalue weighted by Gasteiger charge is 2.42. The van der Waals surface area contributed by atoms with Gasteiger partial charge in [0.25, 0.3) is 0 Å². The molecule has 26 heteroatoms. The molecule has 0 unspecified atom stereocenters. The number of nitrogens with zero attached hydrogens (tertiary/aromatic N) is 2. The summed E-state index contributed by atoms with van der Waals surface area (Å²) < 4.78 is 137. The standard InChI is InChI=1S/C98H134N2O24/c1-79-77-100(90-27-11-82(12-28-90)98(86-19-35-94(36-20-86)122-74-68-116-62-56-110-50-44-104-6,87-21-37-95(38-22-87)123-75-69-117-63-57-111-51-45-105-7)88-23-39-96(40-24-88)124-76-70-118-64-58-112-52-46-106-8)80(2)78-99(79)89-25-9-81(10-26-89)97(83-13-29-91(30-14-83)119-71-65-113-59-53-107-47-41-101-3,84-15-31-92(32-16-84)120-72-66-114-60-54-108-48-42-102-4)85-17-33-93(34-18-85)121-73-67-115-61-55-109-49-43-103-5/h9-40,79-80H,41-78H2,1-8H3/t79-,80-/m0/s1. The maximum absolute atomic E-state index is 6.32. The second-order valence-electron chi connectivity index (χ2n) is 29.1. The maximum Gasteiger partial charge on any atom is 0.119 e. The molecule has 9 rings (SSSR count). The first kappa shape index (κ1) is 99.2. The molecule has 0 amide bonds. The lowest BCUT2D eigenvalue weighted by molar-refractivity contribution is 0.0179. The summed E-state index contributed by atoms with van der Waals surface area (Å²) in [6.07, 6.45) is 0. The van der Waals surface area contributed by atoms with Crippen molar-refractivity contribution in [1.29, 1.82) is 0 Å². The third-order valence-electron chi connectivity index (χ3n) is 20.8. The molecule has 1 heterocycles. The van der Waals surface area contributed by atoms with Gasteiger partial charge in [-0.25, -0.2) is 0 Å². The molecular formula is C98H134N2O24. The minimum atomic E-state index is -0.879. The number of methoxy groups -OCH3 is 6. The van der Waals surface area contributed by atoms with Gasteiger partial charge in [-0.1, -0.05) is 97.1 Å². The Balaban J connectivity index is 1.01. The van der Waals surface area contributed by atoms with Crippen LogP contribution in [0.1, 0.15) is 58.4 Å². The van der Waals surface area contributed by atoms with Gasteiger partial charge in [0.15, 0.2) is 0 Å². The van der Waals surface area contributed by atoms with Crippen molar-refractivity contribution in [3.63, 3.8) is 0 Å². The Labute approximate surface area is 734 Å². The molecule has 1 aliphatic rings. The first-order valence-electron chi connectivity index (χ1n) is 43.2. The van der Waals surface area contributed by atoms with E-state index >= 15 is 0 Å². The first-order valence-corrected chi connectivity index (χ1v) is 43.2. The summed E-state index contributed by atoms with van der Waals surface area (Å²) in [5, 5.41) is 0. The van der Waals surface area contributed by atoms with Crippen molar-refractivity contribution in [2.45, 2.75) is 36.8 Å². The number of hydrogen-bond donors (Lipinski definition) is 0. The van der Waals surface area contributed by atoms with Crippen molar-refractivity contribution in [1.82, 2.24) is 0 Å². The van der Waals surface area contributed by atoms with Gasteiger partial charge in [-0.3, -0.25) is 0 Å². The summed E-state index contributed by atoms with van der Waals surface area (Å²) in [6, 6.07) is 68.9. The fourth-order valence-corrected chi connectivity index (χ4v) is 14.6. The summed E-state index contributed by atoms with van der Waals surface area (Å²) in [5.74, 6) is 4.30. The number of hydrogen-bond acceptors (Lipinski definition) is 26. The van der Waals surface area contributed by atoms with E-state index in [9.17, 15) is 0 Å². The molecule has 2 atom stereocenters. The normalized spacial score (nSPS) is 13.7. The van der Waals surface area contributed by atoms with Crippen LogP contribution in [0.5, 0.6) is 34.5 Å². The van der Waals surface area contributed by atoms with Gasteiger partial charge in [0.2, 0.25) is 0 Å². The number of rotatable bonds is 70. The Kier molecular flexibility index (Phi) is 47.5. The van der Waals surface area contributed by atoms with Crippen LogP contribution in [0.3, 0.4) is 0 Å². The summed E-state index contributed by atoms with van der Waals surface area (Å²) in [6.45, 7) is 22.6. The molecule has 0 N–H and O–H groups in total. The van der Waals surface area contributed by atoms with Gasteiger partial charge >= 0.3 is 0 Å². The summed E-state index contributed by atoms with van der Waals surface area (Å²) >= 11 is 0. The van der Waals surface area contributed by atoms with E-state index in [4.69, 9.17) is 114 Å². The Morgan fingerprint density at radius 1 is 0.185 bits per heavy atom. The average Bonchev–Trinajstić information content (AvgIpc) is 0.735. The number of ether oxygens (including phenoxy) is 24. The van der Waals surface area contributed by atoms with Gasteiger partial charge in [-0.2, -0.15) is 0 Å². The van der Waals surface area contributed by atoms with Crippen LogP contribution in [0, 0.1) is 0 Å². The Hall–Kier alpha value is -8.56. The quantitative estimate of drug-likeness (QED) is 0.0255. The SMILES string of the molecule is COCCOCCOCCOc1ccc(C(c2ccc(OCCOCCOCCOC)cc2)(c2ccc(OCCOCCOCCOC)cc2)c2ccc(N3C[C@H](C)N(c4ccc(C(c5ccc(OCCOCCOCCOC)cc5)(c5ccc(OCCOCCOCCOC)cc5)c5ccc(OCCOCCOCCOC)cc5)cc4)C[C@@H]3C)cc2)cc1. The second kappa shape index (κ2) is 59.4. The van der Waals surface area contributed by atoms with Crippen LogP contribution in [0.2, 0.25) is 0 Å². The molecule has 0 spiro atoms. The van der Waals surface area contributed by atoms with Gasteiger partial charge < -0.3 is 123 Å². The third kappa shape index (κ3) is 32.7. The fourth-order valence-electron chi connectivity index (χ4n) is 14.6. The Morgan fingerprint density at radius 3 is 0.460 bits per heavy atom. The number of piperazine rings is 1. The smallest absolute Gasteiger partial charge is 0.119 e. The van der Waals surface area contributed by atoms with Crippen LogP contribution < -0.4 is 38.2 Å². The monoisotopic (exact) mass is 1720 g/mol. The van der Waals surface area contributed by atoms with E-state index in [1.54, 1.807) is 42.7 Å². The van der Waals surface area contributed by atoms with Gasteiger partial charge in [-0.15, -0.1) is 0 Å². The zero-order chi connectivity index (χ0) is 87.0. The van der Waals surface area contributed by atoms with Crippen molar-refractivity contribution >= 4 is 11.4 Å². The molecule has 0 aliphatic carbocycles. The van der Waals surface area contributed by atoms with Crippen LogP contribution in [0.4, 0.5) is 11.4 Å². The van der Waals surface area contributed by atoms with Crippen molar-refractivity contribution in [3.8, 4) is 34.5 Å². The highest BCUT2D eigenvalue weighted by atomic mass is 16.6. The first-order chi connectivity index (χ1) is 61.2. The molecule has 1 aliphatic heterocycles. The summed E-state index contributed by atoms with van der Waals surface area (Å²) in [7, 11) is 9.94. The maximum atomic E-state index is 6.32. The molecule has 0 saturated carbocycles. The van der Waals surface area contributed by atoms with Crippen molar-refractivity contribution < 1.29 is 114 Å². The second-order valence-corrected chi connectivity index (χ2v) is 29.1. The van der Waals surface area contributed by atoms with E-state index in [1.807, 2.05) is 72.8 Å². The minimum absolute atomic E-state index is 0.101. The predicted molar refractivity (Wildman–Crippen MR) is 477 cm³/mol. The van der Waals surface area contributed by atoms with E-state index in [0.29, 0.717) is 272 Å². The van der Waals surface area contributed by atoms with E-state index in [-0.39, 0.29) is 12.1 Å². The molecule has 680 valence electrons. The molecule has 1 saturated heterocycles. The van der Waals surface area contributed by atoms with Gasteiger partial charge in [0, 0.05) is 79.2 Å². The van der Waals surface area contributed by atoms with E-state index in [0.717, 1.165) is 69.0 Å². The molecular weight excluding hydrogens is 1590 g/mol. The molecule has 0 aromatic heterocycles. The van der Waals surface area contributed by atoms with Gasteiger partial charge in [0.05, 0.1) is 209 Å². The largest absolute Gasteiger partial charge is 0.491 e. The number of anilines is 2. The molecule has 124 heavy (non-hydrogen) atoms. The van der Waals surface area contributed by atoms with Crippen LogP contribution in [-0.2, 0) is 96.1 Å². The Morgan fingerprint density at radius 2 is 0.315 bits per heavy atom. The average molecular weight is 1720 g/mol. The van der Waals surface area contributed by atoms with Crippen LogP contribution in [-0.4, -0.2) is 306 Å². The van der Waals surface area contributed by atoms with Crippen LogP contribution in [0.15, 0.2) is 194 Å². The minimum Gasteiger partial charge on any atom is -0.491 e. The molecule has 8 aromatic rings. The lowest BCUT2D eigenvalue weighted by atomic mass is 9.65. The zero-order valence-electron chi connectivity index (χ0n) is 74.2. The molecule has 0 bridgehead atoms. The topological polar surface area (TPSA) is 228 Å². The van der Waals surface area contributed by atoms with Gasteiger partial charge in [0.1, 0.15) is 74.1 Å². The number of benzene rings is 8. The zero-order valence-corrected chi connectivity index (χ0v) is 74.2. The Bertz CT molecular complexity index is 3430. The summed E-state index contributed by atoms with van der Waals surface area (Å²) in [5.41, 5.74) is 8.70. The molecule has 0 radical (unpaired) electrons. The van der Waals surface area contributed by atoms with Crippen molar-refractivity contribution in [3.05, 3.63) is 239 Å². The fraction of sp³-hybridized carbons (Fsp3) is 0.510. The van der Waals surface area contributed by atoms with Crippen molar-refractivity contribution in [2.75, 3.05) is 303 Å². The highest BCUT2D eigenvalue weighted by molar-refractivity contribution is 5.66. The molecule has 26 nitrogen and oxygen atoms in total. The lowest BCUT2D eigenvalue weighted by Crippen LogP contribution is -2.56. The third-order valence-corrected chi connectivity index (χ3v) is 20.8. The van der Waals surface area contributed by atoms with E-state index in [2.05, 4.69) is 145 Å². The van der Waals surface area contributed by atoms with E-state index < -0.39 is 10.8 Å². The predicted octanol–water partition coefficient (Wildman–Crippen LogP) is 12.9. The van der Waals surface area contributed by atoms with E-state index in [1.165, 1.54) is 0 Å². The lowest BCUT2D eigenvalue weighted by Gasteiger charge is -2.47. The van der Waals surface area contributed by atoms with Gasteiger partial charge in [-0.05, 0) is 155 Å². The molecule has 8 aromatic carbocycles.